The molecule has 10 nitrogen and oxygen atoms in total. The highest BCUT2D eigenvalue weighted by atomic mass is 16.5. The maximum absolute atomic E-state index is 12.9. The summed E-state index contributed by atoms with van der Waals surface area (Å²) in [7, 11) is 6.17. The first-order valence-electron chi connectivity index (χ1n) is 10.7. The number of benzene rings is 2. The van der Waals surface area contributed by atoms with E-state index in [2.05, 4.69) is 10.3 Å². The van der Waals surface area contributed by atoms with Crippen LogP contribution in [-0.2, 0) is 16.1 Å². The molecule has 0 atom stereocenters. The molecule has 2 aromatic carbocycles. The van der Waals surface area contributed by atoms with Gasteiger partial charge < -0.3 is 29.0 Å². The lowest BCUT2D eigenvalue weighted by Gasteiger charge is -2.13. The molecular weight excluding hydrogens is 442 g/mol. The lowest BCUT2D eigenvalue weighted by atomic mass is 10.2. The fourth-order valence-corrected chi connectivity index (χ4v) is 3.38. The number of ether oxygens (including phenoxy) is 5. The van der Waals surface area contributed by atoms with Crippen LogP contribution in [0.3, 0.4) is 0 Å². The highest BCUT2D eigenvalue weighted by molar-refractivity contribution is 5.91. The monoisotopic (exact) mass is 471 g/mol. The van der Waals surface area contributed by atoms with Gasteiger partial charge in [0, 0.05) is 37.9 Å². The Balaban J connectivity index is 1.62. The van der Waals surface area contributed by atoms with Gasteiger partial charge >= 0.3 is 0 Å². The van der Waals surface area contributed by atoms with Gasteiger partial charge in [0.15, 0.2) is 23.0 Å². The molecule has 3 rings (SSSR count). The molecule has 1 heterocycles. The topological polar surface area (TPSA) is 110 Å². The first kappa shape index (κ1) is 24.8. The van der Waals surface area contributed by atoms with Crippen LogP contribution in [0.1, 0.15) is 12.8 Å². The van der Waals surface area contributed by atoms with Gasteiger partial charge in [0.2, 0.25) is 5.91 Å². The molecule has 10 heteroatoms. The van der Waals surface area contributed by atoms with Gasteiger partial charge in [0.1, 0.15) is 6.61 Å². The zero-order valence-electron chi connectivity index (χ0n) is 19.8. The second kappa shape index (κ2) is 11.9. The van der Waals surface area contributed by atoms with Gasteiger partial charge in [-0.1, -0.05) is 0 Å². The van der Waals surface area contributed by atoms with Gasteiger partial charge in [0.05, 0.1) is 45.2 Å². The average molecular weight is 472 g/mol. The molecule has 0 unspecified atom stereocenters. The Morgan fingerprint density at radius 1 is 0.941 bits per heavy atom. The Bertz CT molecular complexity index is 1190. The van der Waals surface area contributed by atoms with Crippen molar-refractivity contribution in [1.82, 2.24) is 9.55 Å². The van der Waals surface area contributed by atoms with E-state index in [-0.39, 0.29) is 17.9 Å². The molecule has 1 aromatic heterocycles. The van der Waals surface area contributed by atoms with Crippen molar-refractivity contribution in [2.75, 3.05) is 47.0 Å². The number of rotatable bonds is 12. The molecule has 182 valence electrons. The van der Waals surface area contributed by atoms with Crippen molar-refractivity contribution in [3.8, 4) is 23.0 Å². The highest BCUT2D eigenvalue weighted by Crippen LogP contribution is 2.31. The fraction of sp³-hybridized carbons (Fsp3) is 0.375. The van der Waals surface area contributed by atoms with Crippen LogP contribution in [0.4, 0.5) is 5.69 Å². The Hall–Kier alpha value is -3.79. The molecule has 0 spiro atoms. The van der Waals surface area contributed by atoms with Crippen molar-refractivity contribution in [1.29, 1.82) is 0 Å². The van der Waals surface area contributed by atoms with Crippen molar-refractivity contribution in [2.45, 2.75) is 19.4 Å². The number of nitrogens with one attached hydrogen (secondary N) is 1. The van der Waals surface area contributed by atoms with Gasteiger partial charge in [-0.05, 0) is 24.6 Å². The number of carbonyl (C=O) groups excluding carboxylic acids is 1. The molecule has 1 amide bonds. The van der Waals surface area contributed by atoms with Gasteiger partial charge in [-0.15, -0.1) is 0 Å². The minimum atomic E-state index is -0.209. The van der Waals surface area contributed by atoms with Crippen molar-refractivity contribution in [3.63, 3.8) is 0 Å². The Labute approximate surface area is 197 Å². The van der Waals surface area contributed by atoms with Crippen LogP contribution in [-0.4, -0.2) is 57.1 Å². The molecule has 0 aliphatic carbocycles. The predicted octanol–water partition coefficient (Wildman–Crippen LogP) is 2.87. The quantitative estimate of drug-likeness (QED) is 0.402. The van der Waals surface area contributed by atoms with E-state index in [1.165, 1.54) is 25.1 Å². The number of aromatic nitrogens is 2. The summed E-state index contributed by atoms with van der Waals surface area (Å²) in [4.78, 5) is 29.6. The molecule has 0 aliphatic rings. The summed E-state index contributed by atoms with van der Waals surface area (Å²) in [5.74, 6) is 1.85. The minimum absolute atomic E-state index is 0.179. The van der Waals surface area contributed by atoms with Gasteiger partial charge in [-0.3, -0.25) is 14.2 Å². The summed E-state index contributed by atoms with van der Waals surface area (Å²) in [6.45, 7) is 1.14. The van der Waals surface area contributed by atoms with E-state index in [9.17, 15) is 9.59 Å². The van der Waals surface area contributed by atoms with Crippen molar-refractivity contribution in [3.05, 3.63) is 47.0 Å². The number of amides is 1. The third-order valence-electron chi connectivity index (χ3n) is 5.12. The highest BCUT2D eigenvalue weighted by Gasteiger charge is 2.12. The summed E-state index contributed by atoms with van der Waals surface area (Å²) in [5, 5.41) is 3.26. The Morgan fingerprint density at radius 2 is 1.68 bits per heavy atom. The normalized spacial score (nSPS) is 10.7. The van der Waals surface area contributed by atoms with E-state index in [1.54, 1.807) is 44.6 Å². The fourth-order valence-electron chi connectivity index (χ4n) is 3.38. The molecule has 0 fully saturated rings. The molecule has 0 saturated carbocycles. The Kier molecular flexibility index (Phi) is 8.69. The van der Waals surface area contributed by atoms with E-state index in [0.717, 1.165) is 0 Å². The van der Waals surface area contributed by atoms with E-state index >= 15 is 0 Å². The number of hydrogen-bond donors (Lipinski definition) is 1. The maximum Gasteiger partial charge on any atom is 0.261 e. The molecule has 0 aliphatic heterocycles. The van der Waals surface area contributed by atoms with Gasteiger partial charge in [-0.2, -0.15) is 0 Å². The summed E-state index contributed by atoms with van der Waals surface area (Å²) < 4.78 is 27.9. The first-order chi connectivity index (χ1) is 16.5. The SMILES string of the molecule is COCCOc1cc(NC(=O)CCCn2cnc3cc(OC)c(OC)cc3c2=O)ccc1OC. The number of carbonyl (C=O) groups is 1. The zero-order chi connectivity index (χ0) is 24.5. The van der Waals surface area contributed by atoms with Crippen LogP contribution < -0.4 is 29.8 Å². The number of nitrogens with zero attached hydrogens (tertiary/aromatic N) is 2. The van der Waals surface area contributed by atoms with Crippen LogP contribution in [0.2, 0.25) is 0 Å². The summed E-state index contributed by atoms with van der Waals surface area (Å²) in [6, 6.07) is 8.44. The number of anilines is 1. The molecule has 0 saturated heterocycles. The largest absolute Gasteiger partial charge is 0.493 e. The molecule has 0 bridgehead atoms. The van der Waals surface area contributed by atoms with E-state index in [0.29, 0.717) is 65.8 Å². The van der Waals surface area contributed by atoms with Crippen molar-refractivity contribution in [2.24, 2.45) is 0 Å². The van der Waals surface area contributed by atoms with Gasteiger partial charge in [-0.25, -0.2) is 4.98 Å². The number of methoxy groups -OCH3 is 4. The second-order valence-corrected chi connectivity index (χ2v) is 7.33. The second-order valence-electron chi connectivity index (χ2n) is 7.33. The Morgan fingerprint density at radius 3 is 2.38 bits per heavy atom. The van der Waals surface area contributed by atoms with Crippen LogP contribution in [0, 0.1) is 0 Å². The van der Waals surface area contributed by atoms with Crippen molar-refractivity contribution >= 4 is 22.5 Å². The maximum atomic E-state index is 12.9. The summed E-state index contributed by atoms with van der Waals surface area (Å²) >= 11 is 0. The average Bonchev–Trinajstić information content (AvgIpc) is 2.85. The van der Waals surface area contributed by atoms with Gasteiger partial charge in [0.25, 0.3) is 5.56 Å². The number of aryl methyl sites for hydroxylation is 1. The molecule has 0 radical (unpaired) electrons. The molecule has 3 aromatic rings. The minimum Gasteiger partial charge on any atom is -0.493 e. The molecular formula is C24H29N3O7. The third kappa shape index (κ3) is 5.96. The molecule has 34 heavy (non-hydrogen) atoms. The van der Waals surface area contributed by atoms with E-state index in [1.807, 2.05) is 0 Å². The van der Waals surface area contributed by atoms with E-state index < -0.39 is 0 Å². The van der Waals surface area contributed by atoms with Crippen LogP contribution in [0.25, 0.3) is 10.9 Å². The molecule has 1 N–H and O–H groups in total. The predicted molar refractivity (Wildman–Crippen MR) is 127 cm³/mol. The smallest absolute Gasteiger partial charge is 0.261 e. The van der Waals surface area contributed by atoms with Crippen LogP contribution in [0.15, 0.2) is 41.5 Å². The first-order valence-corrected chi connectivity index (χ1v) is 10.7. The van der Waals surface area contributed by atoms with E-state index in [4.69, 9.17) is 23.7 Å². The van der Waals surface area contributed by atoms with Crippen molar-refractivity contribution < 1.29 is 28.5 Å². The van der Waals surface area contributed by atoms with Crippen LogP contribution >= 0.6 is 0 Å². The standard InChI is InChI=1S/C24H29N3O7/c1-30-10-11-34-22-12-16(7-8-19(22)31-2)26-23(28)6-5-9-27-15-25-18-14-21(33-4)20(32-3)13-17(18)24(27)29/h7-8,12-15H,5-6,9-11H2,1-4H3,(H,26,28). The summed E-state index contributed by atoms with van der Waals surface area (Å²) in [5.41, 5.74) is 0.892. The van der Waals surface area contributed by atoms with Crippen LogP contribution in [0.5, 0.6) is 23.0 Å². The number of hydrogen-bond acceptors (Lipinski definition) is 8. The number of fused-ring (bicyclic) bond motifs is 1. The third-order valence-corrected chi connectivity index (χ3v) is 5.12. The lowest BCUT2D eigenvalue weighted by Crippen LogP contribution is -2.22. The zero-order valence-corrected chi connectivity index (χ0v) is 19.8. The lowest BCUT2D eigenvalue weighted by molar-refractivity contribution is -0.116. The summed E-state index contributed by atoms with van der Waals surface area (Å²) in [6.07, 6.45) is 2.16.